The number of carbonyl (C=O) groups is 1. The quantitative estimate of drug-likeness (QED) is 0.163. The Labute approximate surface area is 249 Å². The van der Waals surface area contributed by atoms with E-state index in [4.69, 9.17) is 9.47 Å². The van der Waals surface area contributed by atoms with Crippen LogP contribution in [0.1, 0.15) is 45.7 Å². The van der Waals surface area contributed by atoms with E-state index < -0.39 is 40.5 Å². The number of hydrogen-bond donors (Lipinski definition) is 1. The predicted molar refractivity (Wildman–Crippen MR) is 153 cm³/mol. The van der Waals surface area contributed by atoms with Crippen molar-refractivity contribution < 1.29 is 36.9 Å². The van der Waals surface area contributed by atoms with Gasteiger partial charge >= 0.3 is 5.97 Å². The van der Waals surface area contributed by atoms with E-state index in [0.29, 0.717) is 30.0 Å². The number of carboxylic acid groups (broad SMARTS) is 1. The van der Waals surface area contributed by atoms with E-state index in [9.17, 15) is 18.7 Å². The van der Waals surface area contributed by atoms with Crippen LogP contribution in [-0.4, -0.2) is 38.3 Å². The Balaban J connectivity index is 1.28. The van der Waals surface area contributed by atoms with Crippen molar-refractivity contribution in [1.82, 2.24) is 14.5 Å². The molecule has 5 aromatic rings. The van der Waals surface area contributed by atoms with Crippen molar-refractivity contribution >= 4 is 17.0 Å². The zero-order valence-corrected chi connectivity index (χ0v) is 23.6. The number of pyridine rings is 1. The van der Waals surface area contributed by atoms with Gasteiger partial charge < -0.3 is 19.1 Å². The maximum Gasteiger partial charge on any atom is 0.335 e. The highest BCUT2D eigenvalue weighted by Gasteiger charge is 2.23. The summed E-state index contributed by atoms with van der Waals surface area (Å²) in [6, 6.07) is 13.2. The van der Waals surface area contributed by atoms with Crippen LogP contribution >= 0.6 is 0 Å². The van der Waals surface area contributed by atoms with E-state index in [1.165, 1.54) is 24.3 Å². The van der Waals surface area contributed by atoms with Gasteiger partial charge in [0, 0.05) is 30.2 Å². The first-order valence-corrected chi connectivity index (χ1v) is 14.0. The van der Waals surface area contributed by atoms with E-state index in [-0.39, 0.29) is 41.7 Å². The minimum absolute atomic E-state index is 0.0352. The molecule has 2 heterocycles. The number of hydrogen-bond acceptors (Lipinski definition) is 5. The van der Waals surface area contributed by atoms with Gasteiger partial charge in [-0.1, -0.05) is 12.1 Å². The maximum atomic E-state index is 15.5. The third-order valence-electron chi connectivity index (χ3n) is 7.41. The monoisotopic (exact) mass is 605 g/mol. The second-order valence-electron chi connectivity index (χ2n) is 10.7. The average molecular weight is 606 g/mol. The van der Waals surface area contributed by atoms with E-state index in [0.717, 1.165) is 36.6 Å². The summed E-state index contributed by atoms with van der Waals surface area (Å²) in [7, 11) is 0. The maximum absolute atomic E-state index is 15.5. The van der Waals surface area contributed by atoms with Crippen molar-refractivity contribution in [2.75, 3.05) is 6.61 Å². The molecule has 0 unspecified atom stereocenters. The van der Waals surface area contributed by atoms with Crippen LogP contribution in [0.15, 0.2) is 60.7 Å². The standard InChI is InChI=1S/C33H27F4N3O4/c1-18-2-3-20(25(35)12-18)17-44-31-9-7-24(34)32(39-31)23-16-26(36)21(13-27(23)37)15-30-38-28-8-4-19(33(41)42)14-29(28)40(30)10-11-43-22-5-6-22/h2-4,7-9,12-14,16,22H,5-6,10-11,15,17H2,1H3,(H,41,42). The van der Waals surface area contributed by atoms with E-state index in [1.807, 2.05) is 0 Å². The van der Waals surface area contributed by atoms with Crippen molar-refractivity contribution in [2.45, 2.75) is 45.4 Å². The third kappa shape index (κ3) is 6.28. The molecule has 0 saturated heterocycles. The lowest BCUT2D eigenvalue weighted by atomic mass is 10.0. The van der Waals surface area contributed by atoms with Crippen LogP contribution in [0.5, 0.6) is 5.88 Å². The van der Waals surface area contributed by atoms with Crippen LogP contribution in [0, 0.1) is 30.2 Å². The van der Waals surface area contributed by atoms with Gasteiger partial charge in [-0.3, -0.25) is 0 Å². The molecule has 0 atom stereocenters. The summed E-state index contributed by atoms with van der Waals surface area (Å²) >= 11 is 0. The highest BCUT2D eigenvalue weighted by Crippen LogP contribution is 2.30. The molecule has 6 rings (SSSR count). The molecular weight excluding hydrogens is 578 g/mol. The Kier molecular flexibility index (Phi) is 8.05. The summed E-state index contributed by atoms with van der Waals surface area (Å²) in [5.74, 6) is -3.89. The molecular formula is C33H27F4N3O4. The second-order valence-corrected chi connectivity index (χ2v) is 10.7. The van der Waals surface area contributed by atoms with Crippen LogP contribution in [0.4, 0.5) is 17.6 Å². The fourth-order valence-corrected chi connectivity index (χ4v) is 4.93. The Hall–Kier alpha value is -4.77. The third-order valence-corrected chi connectivity index (χ3v) is 7.41. The van der Waals surface area contributed by atoms with Crippen LogP contribution in [0.3, 0.4) is 0 Å². The molecule has 0 amide bonds. The molecule has 7 nitrogen and oxygen atoms in total. The molecule has 11 heteroatoms. The summed E-state index contributed by atoms with van der Waals surface area (Å²) in [5, 5.41) is 9.46. The first-order chi connectivity index (χ1) is 21.2. The number of nitrogens with zero attached hydrogens (tertiary/aromatic N) is 3. The molecule has 0 bridgehead atoms. The number of ether oxygens (including phenoxy) is 2. The minimum Gasteiger partial charge on any atom is -0.478 e. The van der Waals surface area contributed by atoms with Gasteiger partial charge in [0.25, 0.3) is 0 Å². The Bertz CT molecular complexity index is 1890. The molecule has 1 N–H and O–H groups in total. The van der Waals surface area contributed by atoms with Crippen LogP contribution < -0.4 is 4.74 Å². The number of carboxylic acids is 1. The lowest BCUT2D eigenvalue weighted by molar-refractivity contribution is 0.0697. The van der Waals surface area contributed by atoms with Gasteiger partial charge in [0.2, 0.25) is 5.88 Å². The van der Waals surface area contributed by atoms with Crippen LogP contribution in [0.2, 0.25) is 0 Å². The SMILES string of the molecule is Cc1ccc(COc2ccc(F)c(-c3cc(F)c(Cc4nc5ccc(C(=O)O)cc5n4CCOC4CC4)cc3F)n2)c(F)c1. The largest absolute Gasteiger partial charge is 0.478 e. The van der Waals surface area contributed by atoms with E-state index in [2.05, 4.69) is 9.97 Å². The molecule has 44 heavy (non-hydrogen) atoms. The number of benzene rings is 3. The molecule has 0 radical (unpaired) electrons. The number of rotatable bonds is 11. The predicted octanol–water partition coefficient (Wildman–Crippen LogP) is 7.01. The van der Waals surface area contributed by atoms with Crippen LogP contribution in [-0.2, 0) is 24.3 Å². The summed E-state index contributed by atoms with van der Waals surface area (Å²) in [5.41, 5.74) is 1.20. The van der Waals surface area contributed by atoms with Crippen molar-refractivity contribution in [2.24, 2.45) is 0 Å². The second kappa shape index (κ2) is 12.1. The number of fused-ring (bicyclic) bond motifs is 1. The van der Waals surface area contributed by atoms with Gasteiger partial charge in [0.15, 0.2) is 0 Å². The van der Waals surface area contributed by atoms with E-state index >= 15 is 8.78 Å². The topological polar surface area (TPSA) is 86.5 Å². The fourth-order valence-electron chi connectivity index (χ4n) is 4.93. The zero-order valence-electron chi connectivity index (χ0n) is 23.6. The summed E-state index contributed by atoms with van der Waals surface area (Å²) in [6.07, 6.45) is 2.04. The Morgan fingerprint density at radius 1 is 0.909 bits per heavy atom. The van der Waals surface area contributed by atoms with Gasteiger partial charge in [-0.15, -0.1) is 0 Å². The molecule has 1 fully saturated rings. The van der Waals surface area contributed by atoms with Gasteiger partial charge in [-0.05, 0) is 73.4 Å². The van der Waals surface area contributed by atoms with Crippen molar-refractivity contribution in [3.63, 3.8) is 0 Å². The Morgan fingerprint density at radius 3 is 2.45 bits per heavy atom. The smallest absolute Gasteiger partial charge is 0.335 e. The molecule has 1 aliphatic carbocycles. The van der Waals surface area contributed by atoms with Crippen LogP contribution in [0.25, 0.3) is 22.3 Å². The van der Waals surface area contributed by atoms with Crippen molar-refractivity contribution in [1.29, 1.82) is 0 Å². The van der Waals surface area contributed by atoms with E-state index in [1.54, 1.807) is 29.7 Å². The average Bonchev–Trinajstić information content (AvgIpc) is 3.75. The molecule has 0 spiro atoms. The first kappa shape index (κ1) is 29.3. The van der Waals surface area contributed by atoms with Crippen molar-refractivity contribution in [3.8, 4) is 17.1 Å². The number of aromatic nitrogens is 3. The molecule has 226 valence electrons. The summed E-state index contributed by atoms with van der Waals surface area (Å²) in [4.78, 5) is 20.2. The number of imidazole rings is 1. The summed E-state index contributed by atoms with van der Waals surface area (Å²) in [6.45, 7) is 2.23. The normalized spacial score (nSPS) is 13.0. The fraction of sp³-hybridized carbons (Fsp3) is 0.242. The number of halogens is 4. The lowest BCUT2D eigenvalue weighted by Gasteiger charge is -2.13. The molecule has 1 aliphatic rings. The number of aryl methyl sites for hydroxylation is 1. The van der Waals surface area contributed by atoms with Gasteiger partial charge in [-0.25, -0.2) is 32.3 Å². The van der Waals surface area contributed by atoms with Gasteiger partial charge in [-0.2, -0.15) is 0 Å². The first-order valence-electron chi connectivity index (χ1n) is 14.0. The van der Waals surface area contributed by atoms with Gasteiger partial charge in [0.05, 0.1) is 29.3 Å². The number of aromatic carboxylic acids is 1. The minimum atomic E-state index is -1.10. The molecule has 3 aromatic carbocycles. The zero-order chi connectivity index (χ0) is 31.0. The summed E-state index contributed by atoms with van der Waals surface area (Å²) < 4.78 is 72.9. The lowest BCUT2D eigenvalue weighted by Crippen LogP contribution is -2.11. The highest BCUT2D eigenvalue weighted by molar-refractivity contribution is 5.92. The van der Waals surface area contributed by atoms with Crippen molar-refractivity contribution in [3.05, 3.63) is 112 Å². The Morgan fingerprint density at radius 2 is 1.70 bits per heavy atom. The molecule has 2 aromatic heterocycles. The highest BCUT2D eigenvalue weighted by atomic mass is 19.1. The van der Waals surface area contributed by atoms with Gasteiger partial charge in [0.1, 0.15) is 41.4 Å². The molecule has 1 saturated carbocycles. The molecule has 0 aliphatic heterocycles.